The SMILES string of the molecule is C[C@H]1CN(C2CCC(C(=O)NCc3cc(F)cc(C(F)(F)F)c3)(C3CC3NS(C)(=O)=O)C2)CC[C@@]12C=Cc1ccccc12. The molecule has 2 saturated carbocycles. The fourth-order valence-corrected chi connectivity index (χ4v) is 8.92. The van der Waals surface area contributed by atoms with E-state index in [0.29, 0.717) is 31.2 Å². The van der Waals surface area contributed by atoms with Crippen LogP contribution in [0.1, 0.15) is 61.3 Å². The first-order chi connectivity index (χ1) is 20.2. The van der Waals surface area contributed by atoms with Crippen LogP contribution in [-0.4, -0.2) is 50.7 Å². The molecule has 43 heavy (non-hydrogen) atoms. The maximum Gasteiger partial charge on any atom is 0.416 e. The molecular formula is C32H37F4N3O3S. The standard InChI is InChI=1S/C32H37F4N3O3S/c1-20-19-39(12-11-30(20)9-7-22-5-3-4-6-26(22)30)25-8-10-31(17-25,27-16-28(27)38-43(2,41)42)29(40)37-18-21-13-23(32(34,35)36)15-24(33)14-21/h3-7,9,13-15,20,25,27-28,38H,8,10-12,16-19H2,1-2H3,(H,37,40)/t20-,25?,27?,28?,30-,31?/m0/s1. The highest BCUT2D eigenvalue weighted by molar-refractivity contribution is 7.88. The summed E-state index contributed by atoms with van der Waals surface area (Å²) in [6.45, 7) is 3.75. The third-order valence-electron chi connectivity index (χ3n) is 10.3. The van der Waals surface area contributed by atoms with Crippen molar-refractivity contribution in [2.24, 2.45) is 17.3 Å². The number of piperidine rings is 1. The number of likely N-dealkylation sites (tertiary alicyclic amines) is 1. The molecule has 11 heteroatoms. The number of hydrogen-bond acceptors (Lipinski definition) is 4. The van der Waals surface area contributed by atoms with E-state index in [9.17, 15) is 30.8 Å². The van der Waals surface area contributed by atoms with E-state index < -0.39 is 33.0 Å². The summed E-state index contributed by atoms with van der Waals surface area (Å²) in [6, 6.07) is 10.5. The molecule has 1 amide bonds. The Morgan fingerprint density at radius 3 is 2.63 bits per heavy atom. The predicted octanol–water partition coefficient (Wildman–Crippen LogP) is 5.24. The van der Waals surface area contributed by atoms with Gasteiger partial charge in [-0.25, -0.2) is 17.5 Å². The molecule has 0 bridgehead atoms. The van der Waals surface area contributed by atoms with E-state index in [1.165, 1.54) is 11.1 Å². The van der Waals surface area contributed by atoms with Gasteiger partial charge in [0.1, 0.15) is 5.82 Å². The normalized spacial score (nSPS) is 32.2. The number of halogens is 4. The maximum atomic E-state index is 14.0. The molecule has 2 aromatic carbocycles. The molecule has 1 heterocycles. The van der Waals surface area contributed by atoms with E-state index in [2.05, 4.69) is 58.3 Å². The summed E-state index contributed by atoms with van der Waals surface area (Å²) in [4.78, 5) is 16.4. The fraction of sp³-hybridized carbons (Fsp3) is 0.531. The van der Waals surface area contributed by atoms with Gasteiger partial charge in [0.05, 0.1) is 17.2 Å². The van der Waals surface area contributed by atoms with Crippen LogP contribution < -0.4 is 10.0 Å². The Morgan fingerprint density at radius 1 is 1.14 bits per heavy atom. The minimum Gasteiger partial charge on any atom is -0.352 e. The molecule has 4 unspecified atom stereocenters. The molecule has 6 nitrogen and oxygen atoms in total. The Labute approximate surface area is 250 Å². The Hall–Kier alpha value is -2.76. The Balaban J connectivity index is 1.19. The Kier molecular flexibility index (Phi) is 7.53. The molecule has 0 radical (unpaired) electrons. The van der Waals surface area contributed by atoms with Crippen LogP contribution in [0, 0.1) is 23.1 Å². The zero-order valence-electron chi connectivity index (χ0n) is 24.3. The fourth-order valence-electron chi connectivity index (χ4n) is 8.11. The summed E-state index contributed by atoms with van der Waals surface area (Å²) in [5.74, 6) is -1.21. The average Bonchev–Trinajstić information content (AvgIpc) is 3.37. The summed E-state index contributed by atoms with van der Waals surface area (Å²) in [5.41, 5.74) is 0.655. The number of sulfonamides is 1. The molecule has 6 rings (SSSR count). The third kappa shape index (κ3) is 5.76. The average molecular weight is 620 g/mol. The summed E-state index contributed by atoms with van der Waals surface area (Å²) >= 11 is 0. The smallest absolute Gasteiger partial charge is 0.352 e. The molecule has 3 fully saturated rings. The molecule has 6 atom stereocenters. The van der Waals surface area contributed by atoms with Gasteiger partial charge in [0.15, 0.2) is 0 Å². The van der Waals surface area contributed by atoms with Crippen LogP contribution in [0.5, 0.6) is 0 Å². The van der Waals surface area contributed by atoms with Gasteiger partial charge in [-0.15, -0.1) is 0 Å². The van der Waals surface area contributed by atoms with Crippen LogP contribution >= 0.6 is 0 Å². The molecule has 1 aliphatic heterocycles. The van der Waals surface area contributed by atoms with Gasteiger partial charge < -0.3 is 5.32 Å². The number of benzene rings is 2. The van der Waals surface area contributed by atoms with Gasteiger partial charge in [0.25, 0.3) is 0 Å². The predicted molar refractivity (Wildman–Crippen MR) is 156 cm³/mol. The van der Waals surface area contributed by atoms with Crippen molar-refractivity contribution >= 4 is 22.0 Å². The Bertz CT molecular complexity index is 1560. The first-order valence-corrected chi connectivity index (χ1v) is 16.7. The lowest BCUT2D eigenvalue weighted by molar-refractivity contribution is -0.137. The number of nitrogens with one attached hydrogen (secondary N) is 2. The van der Waals surface area contributed by atoms with E-state index in [1.54, 1.807) is 0 Å². The van der Waals surface area contributed by atoms with Crippen molar-refractivity contribution in [3.8, 4) is 0 Å². The van der Waals surface area contributed by atoms with Crippen molar-refractivity contribution in [1.82, 2.24) is 14.9 Å². The van der Waals surface area contributed by atoms with E-state index in [1.807, 2.05) is 0 Å². The van der Waals surface area contributed by atoms with Crippen molar-refractivity contribution in [2.45, 2.75) is 69.2 Å². The maximum absolute atomic E-state index is 14.0. The molecule has 3 aliphatic carbocycles. The van der Waals surface area contributed by atoms with Crippen molar-refractivity contribution < 1.29 is 30.8 Å². The van der Waals surface area contributed by atoms with Crippen LogP contribution in [0.3, 0.4) is 0 Å². The lowest BCUT2D eigenvalue weighted by Crippen LogP contribution is -2.51. The number of allylic oxidation sites excluding steroid dienone is 1. The zero-order valence-corrected chi connectivity index (χ0v) is 25.1. The number of hydrogen-bond donors (Lipinski definition) is 2. The van der Waals surface area contributed by atoms with Gasteiger partial charge in [-0.1, -0.05) is 43.3 Å². The van der Waals surface area contributed by atoms with Gasteiger partial charge >= 0.3 is 6.18 Å². The molecule has 2 aromatic rings. The van der Waals surface area contributed by atoms with E-state index in [4.69, 9.17) is 0 Å². The van der Waals surface area contributed by atoms with E-state index >= 15 is 0 Å². The van der Waals surface area contributed by atoms with E-state index in [-0.39, 0.29) is 41.4 Å². The first kappa shape index (κ1) is 30.3. The number of rotatable bonds is 7. The minimum absolute atomic E-state index is 0.0125. The summed E-state index contributed by atoms with van der Waals surface area (Å²) in [7, 11) is -3.48. The summed E-state index contributed by atoms with van der Waals surface area (Å²) < 4.78 is 80.3. The first-order valence-electron chi connectivity index (χ1n) is 14.9. The molecule has 1 saturated heterocycles. The number of alkyl halides is 3. The van der Waals surface area contributed by atoms with Crippen LogP contribution in [0.25, 0.3) is 6.08 Å². The quantitative estimate of drug-likeness (QED) is 0.416. The highest BCUT2D eigenvalue weighted by atomic mass is 32.2. The molecule has 232 valence electrons. The van der Waals surface area contributed by atoms with Crippen molar-refractivity contribution in [3.05, 3.63) is 76.6 Å². The topological polar surface area (TPSA) is 78.5 Å². The summed E-state index contributed by atoms with van der Waals surface area (Å²) in [5, 5.41) is 2.80. The number of nitrogens with zero attached hydrogens (tertiary/aromatic N) is 1. The van der Waals surface area contributed by atoms with Crippen LogP contribution in [0.15, 0.2) is 48.5 Å². The van der Waals surface area contributed by atoms with E-state index in [0.717, 1.165) is 44.3 Å². The third-order valence-corrected chi connectivity index (χ3v) is 11.0. The number of amides is 1. The highest BCUT2D eigenvalue weighted by Crippen LogP contribution is 2.57. The zero-order chi connectivity index (χ0) is 30.8. The second-order valence-corrected chi connectivity index (χ2v) is 14.8. The van der Waals surface area contributed by atoms with Crippen molar-refractivity contribution in [3.63, 3.8) is 0 Å². The molecule has 4 aliphatic rings. The summed E-state index contributed by atoms with van der Waals surface area (Å²) in [6.07, 6.45) is 4.26. The molecule has 1 spiro atoms. The molecular weight excluding hydrogens is 582 g/mol. The van der Waals surface area contributed by atoms with Crippen molar-refractivity contribution in [2.75, 3.05) is 19.3 Å². The van der Waals surface area contributed by atoms with Crippen LogP contribution in [-0.2, 0) is 33.0 Å². The Morgan fingerprint density at radius 2 is 1.91 bits per heavy atom. The molecule has 2 N–H and O–H groups in total. The largest absolute Gasteiger partial charge is 0.416 e. The molecule has 0 aromatic heterocycles. The lowest BCUT2D eigenvalue weighted by Gasteiger charge is -2.46. The highest BCUT2D eigenvalue weighted by Gasteiger charge is 2.61. The van der Waals surface area contributed by atoms with Gasteiger partial charge in [-0.3, -0.25) is 9.69 Å². The second-order valence-electron chi connectivity index (χ2n) is 13.0. The number of carbonyl (C=O) groups excluding carboxylic acids is 1. The van der Waals surface area contributed by atoms with Crippen LogP contribution in [0.2, 0.25) is 0 Å². The van der Waals surface area contributed by atoms with Crippen LogP contribution in [0.4, 0.5) is 17.6 Å². The van der Waals surface area contributed by atoms with Gasteiger partial charge in [0, 0.05) is 30.6 Å². The minimum atomic E-state index is -4.71. The number of carbonyl (C=O) groups is 1. The second kappa shape index (κ2) is 10.7. The number of fused-ring (bicyclic) bond motifs is 2. The van der Waals surface area contributed by atoms with Gasteiger partial charge in [-0.05, 0) is 85.4 Å². The van der Waals surface area contributed by atoms with Gasteiger partial charge in [-0.2, -0.15) is 13.2 Å². The van der Waals surface area contributed by atoms with Gasteiger partial charge in [0.2, 0.25) is 15.9 Å². The lowest BCUT2D eigenvalue weighted by atomic mass is 9.67. The monoisotopic (exact) mass is 619 g/mol. The van der Waals surface area contributed by atoms with Crippen molar-refractivity contribution in [1.29, 1.82) is 0 Å².